The molecule has 2 aromatic rings. The van der Waals surface area contributed by atoms with Crippen molar-refractivity contribution < 1.29 is 4.79 Å². The maximum absolute atomic E-state index is 12.2. The van der Waals surface area contributed by atoms with E-state index in [1.165, 1.54) is 0 Å². The fourth-order valence-corrected chi connectivity index (χ4v) is 2.26. The number of thioether (sulfide) groups is 1. The Morgan fingerprint density at radius 3 is 2.74 bits per heavy atom. The molecule has 3 N–H and O–H groups in total. The molecule has 5 heteroatoms. The summed E-state index contributed by atoms with van der Waals surface area (Å²) in [5.41, 5.74) is 7.37. The zero-order valence-corrected chi connectivity index (χ0v) is 11.9. The van der Waals surface area contributed by atoms with Crippen molar-refractivity contribution in [1.29, 1.82) is 0 Å². The first-order chi connectivity index (χ1) is 9.10. The van der Waals surface area contributed by atoms with Crippen LogP contribution in [0.3, 0.4) is 0 Å². The summed E-state index contributed by atoms with van der Waals surface area (Å²) in [6.45, 7) is 0. The van der Waals surface area contributed by atoms with Crippen LogP contribution < -0.4 is 11.1 Å². The third-order valence-corrected chi connectivity index (χ3v) is 3.62. The summed E-state index contributed by atoms with van der Waals surface area (Å²) in [6.07, 6.45) is 1.95. The number of hydrogen-bond acceptors (Lipinski definition) is 3. The van der Waals surface area contributed by atoms with Gasteiger partial charge in [0.1, 0.15) is 0 Å². The normalized spacial score (nSPS) is 10.2. The summed E-state index contributed by atoms with van der Waals surface area (Å²) in [6, 6.07) is 12.4. The lowest BCUT2D eigenvalue weighted by Gasteiger charge is -2.08. The Bertz CT molecular complexity index is 616. The van der Waals surface area contributed by atoms with Gasteiger partial charge in [-0.2, -0.15) is 0 Å². The van der Waals surface area contributed by atoms with Gasteiger partial charge in [0, 0.05) is 16.3 Å². The van der Waals surface area contributed by atoms with Gasteiger partial charge in [0.15, 0.2) is 0 Å². The Morgan fingerprint density at radius 1 is 1.26 bits per heavy atom. The number of nitrogen functional groups attached to an aromatic ring is 1. The van der Waals surface area contributed by atoms with Crippen molar-refractivity contribution in [3.05, 3.63) is 53.1 Å². The Kier molecular flexibility index (Phi) is 4.35. The fraction of sp³-hybridized carbons (Fsp3) is 0.0714. The van der Waals surface area contributed by atoms with Crippen molar-refractivity contribution in [1.82, 2.24) is 0 Å². The van der Waals surface area contributed by atoms with Crippen LogP contribution in [0.5, 0.6) is 0 Å². The number of hydrogen-bond donors (Lipinski definition) is 2. The van der Waals surface area contributed by atoms with Crippen LogP contribution in [0.2, 0.25) is 5.02 Å². The molecule has 0 aromatic heterocycles. The molecule has 0 aliphatic heterocycles. The number of nitrogens with two attached hydrogens (primary N) is 1. The number of halogens is 1. The zero-order chi connectivity index (χ0) is 13.8. The van der Waals surface area contributed by atoms with Crippen LogP contribution in [0.25, 0.3) is 0 Å². The molecule has 0 aliphatic rings. The molecule has 0 heterocycles. The van der Waals surface area contributed by atoms with Gasteiger partial charge in [0.2, 0.25) is 0 Å². The number of carbonyl (C=O) groups is 1. The second-order valence-corrected chi connectivity index (χ2v) is 5.21. The SMILES string of the molecule is CSc1ccc(Cl)c(C(=O)Nc2cccc(N)c2)c1. The molecule has 0 spiro atoms. The molecular weight excluding hydrogens is 280 g/mol. The highest BCUT2D eigenvalue weighted by Crippen LogP contribution is 2.24. The van der Waals surface area contributed by atoms with E-state index in [4.69, 9.17) is 17.3 Å². The minimum atomic E-state index is -0.244. The summed E-state index contributed by atoms with van der Waals surface area (Å²) in [4.78, 5) is 13.2. The summed E-state index contributed by atoms with van der Waals surface area (Å²) in [7, 11) is 0. The maximum Gasteiger partial charge on any atom is 0.257 e. The van der Waals surface area contributed by atoms with Gasteiger partial charge in [-0.3, -0.25) is 4.79 Å². The lowest BCUT2D eigenvalue weighted by atomic mass is 10.2. The molecule has 0 bridgehead atoms. The van der Waals surface area contributed by atoms with Gasteiger partial charge in [-0.25, -0.2) is 0 Å². The van der Waals surface area contributed by atoms with Crippen LogP contribution in [-0.4, -0.2) is 12.2 Å². The van der Waals surface area contributed by atoms with E-state index in [-0.39, 0.29) is 5.91 Å². The lowest BCUT2D eigenvalue weighted by Crippen LogP contribution is -2.12. The number of carbonyl (C=O) groups excluding carboxylic acids is 1. The molecule has 0 saturated heterocycles. The highest BCUT2D eigenvalue weighted by atomic mass is 35.5. The van der Waals surface area contributed by atoms with Crippen molar-refractivity contribution >= 4 is 40.6 Å². The highest BCUT2D eigenvalue weighted by Gasteiger charge is 2.11. The van der Waals surface area contributed by atoms with Crippen LogP contribution >= 0.6 is 23.4 Å². The molecule has 2 aromatic carbocycles. The van der Waals surface area contributed by atoms with Crippen LogP contribution in [0, 0.1) is 0 Å². The monoisotopic (exact) mass is 292 g/mol. The molecule has 3 nitrogen and oxygen atoms in total. The molecule has 0 aliphatic carbocycles. The van der Waals surface area contributed by atoms with Gasteiger partial charge < -0.3 is 11.1 Å². The van der Waals surface area contributed by atoms with E-state index in [9.17, 15) is 4.79 Å². The van der Waals surface area contributed by atoms with Crippen LogP contribution in [0.4, 0.5) is 11.4 Å². The molecule has 0 fully saturated rings. The van der Waals surface area contributed by atoms with Gasteiger partial charge in [-0.1, -0.05) is 17.7 Å². The fourth-order valence-electron chi connectivity index (χ4n) is 1.62. The molecule has 0 unspecified atom stereocenters. The Morgan fingerprint density at radius 2 is 2.05 bits per heavy atom. The first-order valence-electron chi connectivity index (χ1n) is 5.60. The van der Waals surface area contributed by atoms with Crippen molar-refractivity contribution in [2.45, 2.75) is 4.90 Å². The van der Waals surface area contributed by atoms with Crippen molar-refractivity contribution in [2.24, 2.45) is 0 Å². The van der Waals surface area contributed by atoms with Gasteiger partial charge in [0.25, 0.3) is 5.91 Å². The van der Waals surface area contributed by atoms with Gasteiger partial charge in [-0.15, -0.1) is 11.8 Å². The van der Waals surface area contributed by atoms with Crippen LogP contribution in [0.15, 0.2) is 47.4 Å². The predicted octanol–water partition coefficient (Wildman–Crippen LogP) is 3.90. The van der Waals surface area contributed by atoms with E-state index in [1.54, 1.807) is 48.2 Å². The van der Waals surface area contributed by atoms with Gasteiger partial charge in [-0.05, 0) is 42.7 Å². The molecule has 2 rings (SSSR count). The zero-order valence-electron chi connectivity index (χ0n) is 10.3. The smallest absolute Gasteiger partial charge is 0.257 e. The second-order valence-electron chi connectivity index (χ2n) is 3.93. The Hall–Kier alpha value is -1.65. The molecule has 0 atom stereocenters. The van der Waals surface area contributed by atoms with Gasteiger partial charge >= 0.3 is 0 Å². The number of rotatable bonds is 3. The van der Waals surface area contributed by atoms with E-state index in [1.807, 2.05) is 12.3 Å². The number of anilines is 2. The van der Waals surface area contributed by atoms with E-state index >= 15 is 0 Å². The Labute approximate surface area is 121 Å². The molecule has 0 saturated carbocycles. The van der Waals surface area contributed by atoms with E-state index in [2.05, 4.69) is 5.32 Å². The molecule has 98 valence electrons. The quantitative estimate of drug-likeness (QED) is 0.666. The Balaban J connectivity index is 2.25. The molecule has 1 amide bonds. The minimum absolute atomic E-state index is 0.244. The molecule has 0 radical (unpaired) electrons. The summed E-state index contributed by atoms with van der Waals surface area (Å²) < 4.78 is 0. The minimum Gasteiger partial charge on any atom is -0.399 e. The lowest BCUT2D eigenvalue weighted by molar-refractivity contribution is 0.102. The number of nitrogens with one attached hydrogen (secondary N) is 1. The topological polar surface area (TPSA) is 55.1 Å². The molecule has 19 heavy (non-hydrogen) atoms. The number of benzene rings is 2. The third kappa shape index (κ3) is 3.43. The van der Waals surface area contributed by atoms with Crippen LogP contribution in [0.1, 0.15) is 10.4 Å². The highest BCUT2D eigenvalue weighted by molar-refractivity contribution is 7.98. The van der Waals surface area contributed by atoms with Crippen molar-refractivity contribution in [2.75, 3.05) is 17.3 Å². The number of amides is 1. The van der Waals surface area contributed by atoms with Crippen molar-refractivity contribution in [3.63, 3.8) is 0 Å². The van der Waals surface area contributed by atoms with E-state index in [0.717, 1.165) is 4.90 Å². The van der Waals surface area contributed by atoms with Crippen LogP contribution in [-0.2, 0) is 0 Å². The summed E-state index contributed by atoms with van der Waals surface area (Å²) in [5.74, 6) is -0.244. The average molecular weight is 293 g/mol. The summed E-state index contributed by atoms with van der Waals surface area (Å²) >= 11 is 7.61. The predicted molar refractivity (Wildman–Crippen MR) is 82.0 cm³/mol. The third-order valence-electron chi connectivity index (χ3n) is 2.56. The average Bonchev–Trinajstić information content (AvgIpc) is 2.39. The second kappa shape index (κ2) is 5.99. The first-order valence-corrected chi connectivity index (χ1v) is 7.21. The van der Waals surface area contributed by atoms with Gasteiger partial charge in [0.05, 0.1) is 10.6 Å². The van der Waals surface area contributed by atoms with E-state index < -0.39 is 0 Å². The first kappa shape index (κ1) is 13.8. The van der Waals surface area contributed by atoms with Crippen molar-refractivity contribution in [3.8, 4) is 0 Å². The van der Waals surface area contributed by atoms with E-state index in [0.29, 0.717) is 22.0 Å². The standard InChI is InChI=1S/C14H13ClN2OS/c1-19-11-5-6-13(15)12(8-11)14(18)17-10-4-2-3-9(16)7-10/h2-8H,16H2,1H3,(H,17,18). The molecular formula is C14H13ClN2OS. The maximum atomic E-state index is 12.2. The largest absolute Gasteiger partial charge is 0.399 e. The summed E-state index contributed by atoms with van der Waals surface area (Å²) in [5, 5.41) is 3.21.